The van der Waals surface area contributed by atoms with Crippen LogP contribution >= 0.6 is 15.9 Å². The summed E-state index contributed by atoms with van der Waals surface area (Å²) in [6.45, 7) is 3.61. The molecule has 1 atom stereocenters. The third-order valence-corrected chi connectivity index (χ3v) is 7.87. The molecule has 7 nitrogen and oxygen atoms in total. The number of aryl methyl sites for hydroxylation is 1. The van der Waals surface area contributed by atoms with E-state index in [1.807, 2.05) is 24.3 Å². The Kier molecular flexibility index (Phi) is 8.28. The second-order valence-electron chi connectivity index (χ2n) is 8.37. The van der Waals surface area contributed by atoms with Gasteiger partial charge in [0, 0.05) is 5.39 Å². The first-order valence-electron chi connectivity index (χ1n) is 11.6. The molecule has 0 spiro atoms. The van der Waals surface area contributed by atoms with E-state index in [1.54, 1.807) is 13.8 Å². The van der Waals surface area contributed by atoms with Gasteiger partial charge in [-0.2, -0.15) is 4.72 Å². The lowest BCUT2D eigenvalue weighted by molar-refractivity contribution is -0.274. The zero-order valence-electron chi connectivity index (χ0n) is 20.6. The quantitative estimate of drug-likeness (QED) is 0.179. The number of fused-ring (bicyclic) bond motifs is 1. The average molecular weight is 623 g/mol. The van der Waals surface area contributed by atoms with Crippen molar-refractivity contribution in [1.29, 1.82) is 0 Å². The molecule has 1 N–H and O–H groups in total. The topological polar surface area (TPSA) is 94.6 Å². The van der Waals surface area contributed by atoms with Crippen LogP contribution in [0.1, 0.15) is 40.1 Å². The number of nitrogens with zero attached hydrogens (tertiary/aromatic N) is 1. The van der Waals surface area contributed by atoms with Crippen molar-refractivity contribution in [2.75, 3.05) is 6.61 Å². The number of rotatable bonds is 8. The maximum Gasteiger partial charge on any atom is 0.573 e. The molecule has 4 aromatic rings. The average Bonchev–Trinajstić information content (AvgIpc) is 2.89. The number of carbonyl (C=O) groups excluding carboxylic acids is 1. The molecule has 0 aliphatic rings. The molecule has 204 valence electrons. The highest BCUT2D eigenvalue weighted by Crippen LogP contribution is 2.34. The fourth-order valence-electron chi connectivity index (χ4n) is 4.01. The Balaban J connectivity index is 1.78. The Bertz CT molecular complexity index is 1610. The number of carbonyl (C=O) groups is 1. The molecule has 0 saturated heterocycles. The lowest BCUT2D eigenvalue weighted by Gasteiger charge is -2.22. The van der Waals surface area contributed by atoms with Crippen molar-refractivity contribution < 1.29 is 35.9 Å². The largest absolute Gasteiger partial charge is 0.573 e. The van der Waals surface area contributed by atoms with Gasteiger partial charge >= 0.3 is 12.3 Å². The number of hydrogen-bond donors (Lipinski definition) is 1. The predicted octanol–water partition coefficient (Wildman–Crippen LogP) is 6.45. The maximum atomic E-state index is 13.5. The van der Waals surface area contributed by atoms with Crippen molar-refractivity contribution in [2.45, 2.75) is 31.1 Å². The summed E-state index contributed by atoms with van der Waals surface area (Å²) in [6.07, 6.45) is -4.88. The number of benzene rings is 3. The van der Waals surface area contributed by atoms with E-state index in [9.17, 15) is 26.4 Å². The van der Waals surface area contributed by atoms with Crippen LogP contribution in [-0.4, -0.2) is 32.3 Å². The van der Waals surface area contributed by atoms with Crippen molar-refractivity contribution in [2.24, 2.45) is 0 Å². The molecule has 0 radical (unpaired) electrons. The van der Waals surface area contributed by atoms with Crippen molar-refractivity contribution in [3.8, 4) is 5.75 Å². The van der Waals surface area contributed by atoms with Crippen LogP contribution in [0.15, 0.2) is 82.3 Å². The van der Waals surface area contributed by atoms with E-state index in [2.05, 4.69) is 30.4 Å². The van der Waals surface area contributed by atoms with Crippen molar-refractivity contribution in [3.63, 3.8) is 0 Å². The minimum atomic E-state index is -4.88. The molecule has 4 rings (SSSR count). The van der Waals surface area contributed by atoms with Crippen LogP contribution in [0.4, 0.5) is 13.2 Å². The van der Waals surface area contributed by atoms with Crippen LogP contribution < -0.4 is 9.46 Å². The normalized spacial score (nSPS) is 12.8. The fraction of sp³-hybridized carbons (Fsp3) is 0.185. The number of esters is 1. The van der Waals surface area contributed by atoms with E-state index in [4.69, 9.17) is 4.74 Å². The van der Waals surface area contributed by atoms with Crippen molar-refractivity contribution in [1.82, 2.24) is 9.71 Å². The second-order valence-corrected chi connectivity index (χ2v) is 10.8. The Hall–Kier alpha value is -3.48. The minimum absolute atomic E-state index is 0.130. The summed E-state index contributed by atoms with van der Waals surface area (Å²) in [4.78, 5) is 16.4. The summed E-state index contributed by atoms with van der Waals surface area (Å²) in [5.74, 6) is -1.04. The molecule has 0 aliphatic carbocycles. The summed E-state index contributed by atoms with van der Waals surface area (Å²) in [7, 11) is -4.20. The number of halogens is 4. The molecule has 1 heterocycles. The fourth-order valence-corrected chi connectivity index (χ4v) is 5.74. The zero-order chi connectivity index (χ0) is 28.4. The van der Waals surface area contributed by atoms with Crippen LogP contribution in [0.2, 0.25) is 0 Å². The van der Waals surface area contributed by atoms with Gasteiger partial charge in [-0.15, -0.1) is 13.2 Å². The van der Waals surface area contributed by atoms with E-state index < -0.39 is 34.1 Å². The van der Waals surface area contributed by atoms with Gasteiger partial charge in [-0.25, -0.2) is 18.2 Å². The first-order chi connectivity index (χ1) is 18.4. The Morgan fingerprint density at radius 1 is 1.00 bits per heavy atom. The maximum absolute atomic E-state index is 13.5. The van der Waals surface area contributed by atoms with Crippen LogP contribution in [-0.2, 0) is 14.8 Å². The number of ether oxygens (including phenoxy) is 2. The van der Waals surface area contributed by atoms with Gasteiger partial charge in [0.05, 0.1) is 28.8 Å². The first kappa shape index (κ1) is 28.5. The SMILES string of the molecule is CCOC(=O)c1ccc(S(=O)(=O)NC(c2ccc(OC(F)(F)F)cc2)c2nc(Br)c3ccccc3c2C)cc1. The van der Waals surface area contributed by atoms with Crippen molar-refractivity contribution in [3.05, 3.63) is 99.8 Å². The standard InChI is InChI=1S/C27H22BrF3N2O5S/c1-3-37-26(34)18-10-14-20(15-11-18)39(35,36)33-24(17-8-12-19(13-9-17)38-27(29,30)31)23-16(2)21-6-4-5-7-22(21)25(28)32-23/h4-15,24,33H,3H2,1-2H3. The van der Waals surface area contributed by atoms with Crippen LogP contribution in [0.25, 0.3) is 10.8 Å². The van der Waals surface area contributed by atoms with Gasteiger partial charge in [0.25, 0.3) is 0 Å². The van der Waals surface area contributed by atoms with Gasteiger partial charge in [0.1, 0.15) is 10.4 Å². The molecule has 0 saturated carbocycles. The Morgan fingerprint density at radius 3 is 2.21 bits per heavy atom. The highest BCUT2D eigenvalue weighted by atomic mass is 79.9. The van der Waals surface area contributed by atoms with E-state index >= 15 is 0 Å². The molecular formula is C27H22BrF3N2O5S. The van der Waals surface area contributed by atoms with E-state index in [-0.39, 0.29) is 17.1 Å². The Morgan fingerprint density at radius 2 is 1.62 bits per heavy atom. The summed E-state index contributed by atoms with van der Waals surface area (Å²) in [5.41, 5.74) is 1.53. The van der Waals surface area contributed by atoms with Crippen LogP contribution in [0.3, 0.4) is 0 Å². The zero-order valence-corrected chi connectivity index (χ0v) is 23.0. The lowest BCUT2D eigenvalue weighted by atomic mass is 9.97. The predicted molar refractivity (Wildman–Crippen MR) is 142 cm³/mol. The van der Waals surface area contributed by atoms with Crippen LogP contribution in [0, 0.1) is 6.92 Å². The molecule has 12 heteroatoms. The molecule has 0 bridgehead atoms. The van der Waals surface area contributed by atoms with E-state index in [0.29, 0.717) is 21.4 Å². The third-order valence-electron chi connectivity index (χ3n) is 5.83. The molecule has 1 aromatic heterocycles. The Labute approximate surface area is 231 Å². The molecule has 0 fully saturated rings. The number of nitrogens with one attached hydrogen (secondary N) is 1. The summed E-state index contributed by atoms with van der Waals surface area (Å²) >= 11 is 3.45. The number of sulfonamides is 1. The summed E-state index contributed by atoms with van der Waals surface area (Å²) < 4.78 is 77.0. The van der Waals surface area contributed by atoms with Gasteiger partial charge in [0.2, 0.25) is 10.0 Å². The van der Waals surface area contributed by atoms with Crippen molar-refractivity contribution >= 4 is 42.7 Å². The monoisotopic (exact) mass is 622 g/mol. The van der Waals surface area contributed by atoms with Gasteiger partial charge in [0.15, 0.2) is 0 Å². The third kappa shape index (κ3) is 6.57. The number of pyridine rings is 1. The van der Waals surface area contributed by atoms with Crippen LogP contribution in [0.5, 0.6) is 5.75 Å². The van der Waals surface area contributed by atoms with Gasteiger partial charge < -0.3 is 9.47 Å². The molecule has 1 unspecified atom stereocenters. The molecule has 0 aliphatic heterocycles. The summed E-state index contributed by atoms with van der Waals surface area (Å²) in [5, 5.41) is 1.62. The molecule has 0 amide bonds. The highest BCUT2D eigenvalue weighted by molar-refractivity contribution is 9.10. The molecule has 39 heavy (non-hydrogen) atoms. The number of hydrogen-bond acceptors (Lipinski definition) is 6. The molecule has 3 aromatic carbocycles. The van der Waals surface area contributed by atoms with Gasteiger partial charge in [-0.05, 0) is 82.7 Å². The number of alkyl halides is 3. The summed E-state index contributed by atoms with van der Waals surface area (Å²) in [6, 6.07) is 16.4. The second kappa shape index (κ2) is 11.3. The smallest absolute Gasteiger partial charge is 0.462 e. The minimum Gasteiger partial charge on any atom is -0.462 e. The van der Waals surface area contributed by atoms with Gasteiger partial charge in [-0.1, -0.05) is 36.4 Å². The molecular weight excluding hydrogens is 601 g/mol. The van der Waals surface area contributed by atoms with E-state index in [1.165, 1.54) is 36.4 Å². The van der Waals surface area contributed by atoms with Gasteiger partial charge in [-0.3, -0.25) is 0 Å². The number of aromatic nitrogens is 1. The first-order valence-corrected chi connectivity index (χ1v) is 13.9. The lowest BCUT2D eigenvalue weighted by Crippen LogP contribution is -2.31. The van der Waals surface area contributed by atoms with E-state index in [0.717, 1.165) is 22.9 Å². The highest BCUT2D eigenvalue weighted by Gasteiger charge is 2.32.